The lowest BCUT2D eigenvalue weighted by molar-refractivity contribution is 0.216. The van der Waals surface area contributed by atoms with Gasteiger partial charge in [0.1, 0.15) is 0 Å². The normalized spacial score (nSPS) is 21.0. The standard InChI is InChI=1S/C14H20Cl2N2/c1-18(12-3-2-7-17-8-6-12)10-11-4-5-13(15)14(16)9-11/h4-5,9,12,17H,2-3,6-8,10H2,1H3. The minimum atomic E-state index is 0.627. The summed E-state index contributed by atoms with van der Waals surface area (Å²) in [6.45, 7) is 3.20. The van der Waals surface area contributed by atoms with Crippen LogP contribution in [0, 0.1) is 0 Å². The molecule has 1 aliphatic rings. The maximum Gasteiger partial charge on any atom is 0.0595 e. The summed E-state index contributed by atoms with van der Waals surface area (Å²) in [4.78, 5) is 2.42. The summed E-state index contributed by atoms with van der Waals surface area (Å²) in [5.41, 5.74) is 1.23. The maximum absolute atomic E-state index is 6.05. The van der Waals surface area contributed by atoms with E-state index >= 15 is 0 Å². The highest BCUT2D eigenvalue weighted by Crippen LogP contribution is 2.24. The third-order valence-corrected chi connectivity index (χ3v) is 4.32. The molecule has 1 N–H and O–H groups in total. The van der Waals surface area contributed by atoms with E-state index in [1.54, 1.807) is 0 Å². The highest BCUT2D eigenvalue weighted by Gasteiger charge is 2.16. The predicted octanol–water partition coefficient (Wildman–Crippen LogP) is 3.57. The van der Waals surface area contributed by atoms with Crippen LogP contribution in [0.3, 0.4) is 0 Å². The lowest BCUT2D eigenvalue weighted by Gasteiger charge is -2.27. The van der Waals surface area contributed by atoms with Crippen LogP contribution in [-0.4, -0.2) is 31.1 Å². The first-order valence-corrected chi connectivity index (χ1v) is 7.27. The number of hydrogen-bond donors (Lipinski definition) is 1. The van der Waals surface area contributed by atoms with Gasteiger partial charge in [0.15, 0.2) is 0 Å². The second-order valence-corrected chi connectivity index (χ2v) is 5.81. The maximum atomic E-state index is 6.05. The molecule has 1 aliphatic heterocycles. The molecule has 2 rings (SSSR count). The van der Waals surface area contributed by atoms with Crippen molar-refractivity contribution in [3.63, 3.8) is 0 Å². The molecule has 0 saturated carbocycles. The fourth-order valence-corrected chi connectivity index (χ4v) is 2.82. The van der Waals surface area contributed by atoms with E-state index in [0.29, 0.717) is 16.1 Å². The molecular formula is C14H20Cl2N2. The summed E-state index contributed by atoms with van der Waals surface area (Å²) in [7, 11) is 2.19. The van der Waals surface area contributed by atoms with Crippen LogP contribution in [0.4, 0.5) is 0 Å². The molecule has 0 radical (unpaired) electrons. The topological polar surface area (TPSA) is 15.3 Å². The number of halogens is 2. The highest BCUT2D eigenvalue weighted by atomic mass is 35.5. The average Bonchev–Trinajstić information content (AvgIpc) is 2.62. The average molecular weight is 287 g/mol. The van der Waals surface area contributed by atoms with E-state index in [1.807, 2.05) is 12.1 Å². The van der Waals surface area contributed by atoms with Crippen LogP contribution < -0.4 is 5.32 Å². The van der Waals surface area contributed by atoms with E-state index in [2.05, 4.69) is 23.3 Å². The first kappa shape index (κ1) is 14.1. The van der Waals surface area contributed by atoms with Crippen LogP contribution in [0.1, 0.15) is 24.8 Å². The number of nitrogens with one attached hydrogen (secondary N) is 1. The van der Waals surface area contributed by atoms with Gasteiger partial charge in [0, 0.05) is 12.6 Å². The summed E-state index contributed by atoms with van der Waals surface area (Å²) >= 11 is 12.0. The Kier molecular flexibility index (Phi) is 5.31. The number of benzene rings is 1. The zero-order valence-corrected chi connectivity index (χ0v) is 12.3. The van der Waals surface area contributed by atoms with Crippen LogP contribution >= 0.6 is 23.2 Å². The van der Waals surface area contributed by atoms with E-state index in [9.17, 15) is 0 Å². The summed E-state index contributed by atoms with van der Waals surface area (Å²) in [5.74, 6) is 0. The van der Waals surface area contributed by atoms with Gasteiger partial charge in [0.05, 0.1) is 10.0 Å². The first-order valence-electron chi connectivity index (χ1n) is 6.51. The van der Waals surface area contributed by atoms with E-state index in [1.165, 1.54) is 24.8 Å². The van der Waals surface area contributed by atoms with Gasteiger partial charge in [-0.25, -0.2) is 0 Å². The van der Waals surface area contributed by atoms with Crippen molar-refractivity contribution in [2.24, 2.45) is 0 Å². The Morgan fingerprint density at radius 2 is 2.06 bits per heavy atom. The molecule has 0 aromatic heterocycles. The van der Waals surface area contributed by atoms with Crippen LogP contribution in [0.5, 0.6) is 0 Å². The van der Waals surface area contributed by atoms with Crippen LogP contribution in [0.2, 0.25) is 10.0 Å². The van der Waals surface area contributed by atoms with Gasteiger partial charge in [0.25, 0.3) is 0 Å². The van der Waals surface area contributed by atoms with Crippen molar-refractivity contribution < 1.29 is 0 Å². The minimum Gasteiger partial charge on any atom is -0.317 e. The fraction of sp³-hybridized carbons (Fsp3) is 0.571. The van der Waals surface area contributed by atoms with Gasteiger partial charge in [-0.05, 0) is 57.1 Å². The number of rotatable bonds is 3. The minimum absolute atomic E-state index is 0.627. The van der Waals surface area contributed by atoms with E-state index in [0.717, 1.165) is 19.6 Å². The molecule has 1 saturated heterocycles. The smallest absolute Gasteiger partial charge is 0.0595 e. The molecule has 1 heterocycles. The summed E-state index contributed by atoms with van der Waals surface area (Å²) in [6, 6.07) is 6.56. The predicted molar refractivity (Wildman–Crippen MR) is 78.4 cm³/mol. The van der Waals surface area contributed by atoms with E-state index in [-0.39, 0.29) is 0 Å². The zero-order valence-electron chi connectivity index (χ0n) is 10.8. The van der Waals surface area contributed by atoms with Crippen molar-refractivity contribution in [1.29, 1.82) is 0 Å². The summed E-state index contributed by atoms with van der Waals surface area (Å²) in [5, 5.41) is 4.72. The van der Waals surface area contributed by atoms with Crippen molar-refractivity contribution in [3.05, 3.63) is 33.8 Å². The van der Waals surface area contributed by atoms with Crippen molar-refractivity contribution in [2.75, 3.05) is 20.1 Å². The van der Waals surface area contributed by atoms with E-state index < -0.39 is 0 Å². The quantitative estimate of drug-likeness (QED) is 0.914. The first-order chi connectivity index (χ1) is 8.66. The molecule has 1 fully saturated rings. The third kappa shape index (κ3) is 3.86. The van der Waals surface area contributed by atoms with Crippen molar-refractivity contribution in [2.45, 2.75) is 31.8 Å². The molecule has 0 aliphatic carbocycles. The van der Waals surface area contributed by atoms with Crippen molar-refractivity contribution in [1.82, 2.24) is 10.2 Å². The molecule has 1 aromatic rings. The SMILES string of the molecule is CN(Cc1ccc(Cl)c(Cl)c1)C1CCCNCC1. The van der Waals surface area contributed by atoms with Gasteiger partial charge in [-0.3, -0.25) is 4.90 Å². The molecule has 0 bridgehead atoms. The van der Waals surface area contributed by atoms with Gasteiger partial charge in [-0.15, -0.1) is 0 Å². The Balaban J connectivity index is 1.96. The Bertz CT molecular complexity index is 387. The van der Waals surface area contributed by atoms with Crippen molar-refractivity contribution in [3.8, 4) is 0 Å². The molecule has 1 aromatic carbocycles. The van der Waals surface area contributed by atoms with Gasteiger partial charge >= 0.3 is 0 Å². The second kappa shape index (κ2) is 6.76. The third-order valence-electron chi connectivity index (χ3n) is 3.58. The summed E-state index contributed by atoms with van der Waals surface area (Å²) < 4.78 is 0. The monoisotopic (exact) mass is 286 g/mol. The molecule has 0 amide bonds. The molecule has 1 atom stereocenters. The van der Waals surface area contributed by atoms with E-state index in [4.69, 9.17) is 23.2 Å². The lowest BCUT2D eigenvalue weighted by atomic mass is 10.1. The molecule has 4 heteroatoms. The van der Waals surface area contributed by atoms with Crippen LogP contribution in [0.15, 0.2) is 18.2 Å². The Morgan fingerprint density at radius 1 is 1.22 bits per heavy atom. The Morgan fingerprint density at radius 3 is 2.83 bits per heavy atom. The van der Waals surface area contributed by atoms with Gasteiger partial charge in [-0.1, -0.05) is 29.3 Å². The number of nitrogens with zero attached hydrogens (tertiary/aromatic N) is 1. The van der Waals surface area contributed by atoms with Crippen LogP contribution in [-0.2, 0) is 6.54 Å². The van der Waals surface area contributed by atoms with Crippen molar-refractivity contribution >= 4 is 23.2 Å². The van der Waals surface area contributed by atoms with Gasteiger partial charge in [-0.2, -0.15) is 0 Å². The Labute approximate surface area is 119 Å². The van der Waals surface area contributed by atoms with Gasteiger partial charge in [0.2, 0.25) is 0 Å². The largest absolute Gasteiger partial charge is 0.317 e. The molecule has 100 valence electrons. The molecule has 1 unspecified atom stereocenters. The summed E-state index contributed by atoms with van der Waals surface area (Å²) in [6.07, 6.45) is 3.75. The fourth-order valence-electron chi connectivity index (χ4n) is 2.50. The molecule has 18 heavy (non-hydrogen) atoms. The molecular weight excluding hydrogens is 267 g/mol. The Hall–Kier alpha value is -0.280. The van der Waals surface area contributed by atoms with Gasteiger partial charge < -0.3 is 5.32 Å². The zero-order chi connectivity index (χ0) is 13.0. The molecule has 0 spiro atoms. The lowest BCUT2D eigenvalue weighted by Crippen LogP contribution is -2.31. The second-order valence-electron chi connectivity index (χ2n) is 5.00. The number of hydrogen-bond acceptors (Lipinski definition) is 2. The van der Waals surface area contributed by atoms with Crippen LogP contribution in [0.25, 0.3) is 0 Å². The molecule has 2 nitrogen and oxygen atoms in total. The highest BCUT2D eigenvalue weighted by molar-refractivity contribution is 6.42.